The fourth-order valence-electron chi connectivity index (χ4n) is 1.96. The summed E-state index contributed by atoms with van der Waals surface area (Å²) in [7, 11) is 0. The number of nitrogens with zero attached hydrogens (tertiary/aromatic N) is 3. The van der Waals surface area contributed by atoms with E-state index < -0.39 is 10.8 Å². The summed E-state index contributed by atoms with van der Waals surface area (Å²) in [4.78, 5) is 24.0. The first-order chi connectivity index (χ1) is 10.5. The van der Waals surface area contributed by atoms with Crippen LogP contribution in [0.15, 0.2) is 30.5 Å². The minimum absolute atomic E-state index is 0.0445. The molecule has 1 aromatic carbocycles. The van der Waals surface area contributed by atoms with Gasteiger partial charge in [-0.15, -0.1) is 6.42 Å². The largest absolute Gasteiger partial charge is 0.322 e. The Bertz CT molecular complexity index is 728. The summed E-state index contributed by atoms with van der Waals surface area (Å²) in [6, 6.07) is 7.61. The Morgan fingerprint density at radius 1 is 1.45 bits per heavy atom. The smallest absolute Gasteiger partial charge is 0.319 e. The van der Waals surface area contributed by atoms with Crippen molar-refractivity contribution < 1.29 is 9.72 Å². The molecule has 2 aromatic rings. The van der Waals surface area contributed by atoms with Crippen molar-refractivity contribution in [2.75, 3.05) is 6.54 Å². The van der Waals surface area contributed by atoms with E-state index in [0.717, 1.165) is 17.3 Å². The Balaban J connectivity index is 2.25. The second-order valence-electron chi connectivity index (χ2n) is 4.74. The number of nitro groups is 1. The van der Waals surface area contributed by atoms with Gasteiger partial charge in [0.1, 0.15) is 6.20 Å². The van der Waals surface area contributed by atoms with Gasteiger partial charge in [0, 0.05) is 6.54 Å². The molecule has 1 aromatic heterocycles. The van der Waals surface area contributed by atoms with E-state index in [1.54, 1.807) is 0 Å². The highest BCUT2D eigenvalue weighted by atomic mass is 16.6. The van der Waals surface area contributed by atoms with E-state index in [1.165, 1.54) is 4.90 Å². The number of rotatable bonds is 5. The maximum Gasteiger partial charge on any atom is 0.319 e. The van der Waals surface area contributed by atoms with Crippen LogP contribution in [-0.2, 0) is 6.54 Å². The predicted octanol–water partition coefficient (Wildman–Crippen LogP) is 1.90. The number of carbonyl (C=O) groups is 1. The zero-order valence-corrected chi connectivity index (χ0v) is 11.9. The molecule has 0 radical (unpaired) electrons. The number of nitrogens with one attached hydrogen (secondary N) is 1. The number of H-pyrrole nitrogens is 1. The van der Waals surface area contributed by atoms with Gasteiger partial charge in [-0.2, -0.15) is 5.10 Å². The highest BCUT2D eigenvalue weighted by Gasteiger charge is 2.26. The normalized spacial score (nSPS) is 10.0. The molecular formula is C15H14N4O3. The minimum atomic E-state index is -0.656. The molecule has 2 rings (SSSR count). The Kier molecular flexibility index (Phi) is 4.53. The molecule has 0 aliphatic rings. The average molecular weight is 298 g/mol. The van der Waals surface area contributed by atoms with E-state index in [9.17, 15) is 14.9 Å². The number of aromatic nitrogens is 2. The Morgan fingerprint density at radius 2 is 2.14 bits per heavy atom. The number of carbonyl (C=O) groups excluding carboxylic acids is 1. The van der Waals surface area contributed by atoms with Crippen LogP contribution in [0.4, 0.5) is 5.69 Å². The molecule has 1 amide bonds. The number of hydrogen-bond donors (Lipinski definition) is 1. The van der Waals surface area contributed by atoms with Gasteiger partial charge >= 0.3 is 5.69 Å². The highest BCUT2D eigenvalue weighted by molar-refractivity contribution is 5.96. The van der Waals surface area contributed by atoms with Crippen LogP contribution in [-0.4, -0.2) is 32.5 Å². The quantitative estimate of drug-likeness (QED) is 0.518. The van der Waals surface area contributed by atoms with Crippen LogP contribution < -0.4 is 0 Å². The van der Waals surface area contributed by atoms with Crippen LogP contribution in [0, 0.1) is 29.4 Å². The van der Waals surface area contributed by atoms with Crippen molar-refractivity contribution in [3.63, 3.8) is 0 Å². The Labute approximate surface area is 127 Å². The zero-order valence-electron chi connectivity index (χ0n) is 11.9. The molecule has 1 heterocycles. The lowest BCUT2D eigenvalue weighted by molar-refractivity contribution is -0.385. The Hall–Kier alpha value is -3.14. The summed E-state index contributed by atoms with van der Waals surface area (Å²) in [6.07, 6.45) is 6.30. The molecule has 0 bridgehead atoms. The number of aromatic amines is 1. The summed E-state index contributed by atoms with van der Waals surface area (Å²) in [6.45, 7) is 2.27. The van der Waals surface area contributed by atoms with Crippen molar-refractivity contribution in [3.8, 4) is 12.3 Å². The first-order valence-electron chi connectivity index (χ1n) is 6.49. The molecule has 0 saturated heterocycles. The van der Waals surface area contributed by atoms with Gasteiger partial charge in [0.05, 0.1) is 11.5 Å². The van der Waals surface area contributed by atoms with E-state index in [1.807, 2.05) is 31.2 Å². The van der Waals surface area contributed by atoms with Gasteiger partial charge in [-0.25, -0.2) is 0 Å². The second kappa shape index (κ2) is 6.54. The third-order valence-corrected chi connectivity index (χ3v) is 3.09. The fraction of sp³-hybridized carbons (Fsp3) is 0.200. The minimum Gasteiger partial charge on any atom is -0.322 e. The van der Waals surface area contributed by atoms with E-state index >= 15 is 0 Å². The molecule has 7 heteroatoms. The van der Waals surface area contributed by atoms with Crippen molar-refractivity contribution in [1.82, 2.24) is 15.1 Å². The molecule has 7 nitrogen and oxygen atoms in total. The molecule has 0 spiro atoms. The first kappa shape index (κ1) is 15.3. The van der Waals surface area contributed by atoms with Crippen LogP contribution >= 0.6 is 0 Å². The van der Waals surface area contributed by atoms with Gasteiger partial charge in [-0.1, -0.05) is 35.7 Å². The number of amides is 1. The lowest BCUT2D eigenvalue weighted by atomic mass is 10.1. The molecule has 22 heavy (non-hydrogen) atoms. The lowest BCUT2D eigenvalue weighted by Gasteiger charge is -2.19. The van der Waals surface area contributed by atoms with E-state index in [4.69, 9.17) is 6.42 Å². The number of terminal acetylenes is 1. The van der Waals surface area contributed by atoms with Crippen LogP contribution in [0.5, 0.6) is 0 Å². The second-order valence-corrected chi connectivity index (χ2v) is 4.74. The number of aryl methyl sites for hydroxylation is 1. The molecule has 112 valence electrons. The molecule has 0 unspecified atom stereocenters. The summed E-state index contributed by atoms with van der Waals surface area (Å²) >= 11 is 0. The molecule has 0 fully saturated rings. The van der Waals surface area contributed by atoms with Gasteiger partial charge in [0.25, 0.3) is 5.91 Å². The highest BCUT2D eigenvalue weighted by Crippen LogP contribution is 2.18. The van der Waals surface area contributed by atoms with Crippen molar-refractivity contribution in [3.05, 3.63) is 57.4 Å². The fourth-order valence-corrected chi connectivity index (χ4v) is 1.96. The average Bonchev–Trinajstić information content (AvgIpc) is 2.98. The maximum atomic E-state index is 12.4. The SMILES string of the molecule is C#CCN(Cc1ccc(C)cc1)C(=O)c1[nH]ncc1[N+](=O)[O-]. The zero-order chi connectivity index (χ0) is 16.1. The van der Waals surface area contributed by atoms with Gasteiger partial charge in [-0.05, 0) is 12.5 Å². The molecule has 0 aliphatic carbocycles. The monoisotopic (exact) mass is 298 g/mol. The predicted molar refractivity (Wildman–Crippen MR) is 80.0 cm³/mol. The van der Waals surface area contributed by atoms with Crippen molar-refractivity contribution >= 4 is 11.6 Å². The molecule has 0 atom stereocenters. The van der Waals surface area contributed by atoms with Gasteiger partial charge in [0.15, 0.2) is 0 Å². The van der Waals surface area contributed by atoms with Gasteiger partial charge in [-0.3, -0.25) is 20.0 Å². The molecule has 0 aliphatic heterocycles. The van der Waals surface area contributed by atoms with Crippen molar-refractivity contribution in [2.45, 2.75) is 13.5 Å². The molecule has 1 N–H and O–H groups in total. The van der Waals surface area contributed by atoms with E-state index in [0.29, 0.717) is 0 Å². The summed E-state index contributed by atoms with van der Waals surface area (Å²) < 4.78 is 0. The third kappa shape index (κ3) is 3.30. The van der Waals surface area contributed by atoms with Crippen LogP contribution in [0.3, 0.4) is 0 Å². The standard InChI is InChI=1S/C15H14N4O3/c1-3-8-18(10-12-6-4-11(2)5-7-12)15(20)14-13(19(21)22)9-16-17-14/h1,4-7,9H,8,10H2,2H3,(H,16,17). The maximum absolute atomic E-state index is 12.4. The first-order valence-corrected chi connectivity index (χ1v) is 6.49. The Morgan fingerprint density at radius 3 is 2.73 bits per heavy atom. The van der Waals surface area contributed by atoms with Crippen LogP contribution in [0.1, 0.15) is 21.6 Å². The summed E-state index contributed by atoms with van der Waals surface area (Å²) in [5, 5.41) is 16.8. The van der Waals surface area contributed by atoms with E-state index in [2.05, 4.69) is 16.1 Å². The van der Waals surface area contributed by atoms with Gasteiger partial charge < -0.3 is 4.90 Å². The number of hydrogen-bond acceptors (Lipinski definition) is 4. The molecular weight excluding hydrogens is 284 g/mol. The van der Waals surface area contributed by atoms with Crippen molar-refractivity contribution in [1.29, 1.82) is 0 Å². The number of benzene rings is 1. The van der Waals surface area contributed by atoms with Crippen molar-refractivity contribution in [2.24, 2.45) is 0 Å². The summed E-state index contributed by atoms with van der Waals surface area (Å²) in [5.41, 5.74) is 1.45. The summed E-state index contributed by atoms with van der Waals surface area (Å²) in [5.74, 6) is 1.84. The lowest BCUT2D eigenvalue weighted by Crippen LogP contribution is -2.31. The molecule has 0 saturated carbocycles. The van der Waals surface area contributed by atoms with Crippen LogP contribution in [0.2, 0.25) is 0 Å². The topological polar surface area (TPSA) is 92.1 Å². The van der Waals surface area contributed by atoms with Gasteiger partial charge in [0.2, 0.25) is 5.69 Å². The third-order valence-electron chi connectivity index (χ3n) is 3.09. The van der Waals surface area contributed by atoms with E-state index in [-0.39, 0.29) is 24.5 Å². The van der Waals surface area contributed by atoms with Crippen LogP contribution in [0.25, 0.3) is 0 Å².